The highest BCUT2D eigenvalue weighted by molar-refractivity contribution is 9.10. The van der Waals surface area contributed by atoms with E-state index in [4.69, 9.17) is 16.3 Å². The molecule has 2 heterocycles. The van der Waals surface area contributed by atoms with E-state index in [1.54, 1.807) is 29.7 Å². The van der Waals surface area contributed by atoms with Gasteiger partial charge in [0.15, 0.2) is 5.75 Å². The molecule has 3 nitrogen and oxygen atoms in total. The van der Waals surface area contributed by atoms with Gasteiger partial charge in [-0.15, -0.1) is 11.3 Å². The number of rotatable bonds is 2. The van der Waals surface area contributed by atoms with E-state index in [1.807, 2.05) is 17.5 Å². The summed E-state index contributed by atoms with van der Waals surface area (Å²) in [6.45, 7) is 0. The van der Waals surface area contributed by atoms with E-state index in [0.717, 1.165) is 14.7 Å². The smallest absolute Gasteiger partial charge is 0.323 e. The van der Waals surface area contributed by atoms with Crippen LogP contribution in [-0.2, 0) is 0 Å². The van der Waals surface area contributed by atoms with Crippen molar-refractivity contribution in [2.75, 3.05) is 0 Å². The van der Waals surface area contributed by atoms with E-state index in [-0.39, 0.29) is 0 Å². The number of halogens is 2. The zero-order valence-electron chi connectivity index (χ0n) is 8.93. The monoisotopic (exact) mass is 340 g/mol. The molecule has 18 heavy (non-hydrogen) atoms. The van der Waals surface area contributed by atoms with Crippen LogP contribution in [0.3, 0.4) is 0 Å². The summed E-state index contributed by atoms with van der Waals surface area (Å²) in [6, 6.07) is 7.65. The Morgan fingerprint density at radius 3 is 3.06 bits per heavy atom. The maximum absolute atomic E-state index is 6.04. The van der Waals surface area contributed by atoms with Crippen LogP contribution in [0.15, 0.2) is 40.3 Å². The van der Waals surface area contributed by atoms with E-state index in [0.29, 0.717) is 16.8 Å². The molecule has 3 rings (SSSR count). The molecule has 0 fully saturated rings. The van der Waals surface area contributed by atoms with Crippen molar-refractivity contribution in [3.8, 4) is 11.8 Å². The molecule has 90 valence electrons. The lowest BCUT2D eigenvalue weighted by Crippen LogP contribution is -1.91. The average molecular weight is 342 g/mol. The van der Waals surface area contributed by atoms with E-state index in [1.165, 1.54) is 0 Å². The van der Waals surface area contributed by atoms with Gasteiger partial charge in [-0.05, 0) is 29.6 Å². The minimum absolute atomic E-state index is 0.296. The number of aromatic nitrogens is 2. The van der Waals surface area contributed by atoms with Crippen molar-refractivity contribution >= 4 is 49.1 Å². The van der Waals surface area contributed by atoms with Crippen LogP contribution in [0.4, 0.5) is 0 Å². The Labute approximate surface area is 121 Å². The van der Waals surface area contributed by atoms with Gasteiger partial charge >= 0.3 is 6.01 Å². The van der Waals surface area contributed by atoms with E-state index in [2.05, 4.69) is 25.9 Å². The lowest BCUT2D eigenvalue weighted by molar-refractivity contribution is 0.444. The molecule has 2 aromatic heterocycles. The predicted molar refractivity (Wildman–Crippen MR) is 76.6 cm³/mol. The summed E-state index contributed by atoms with van der Waals surface area (Å²) in [7, 11) is 0. The summed E-state index contributed by atoms with van der Waals surface area (Å²) in [6.07, 6.45) is 1.74. The maximum atomic E-state index is 6.04. The third-order valence-corrected chi connectivity index (χ3v) is 3.91. The minimum atomic E-state index is 0.296. The van der Waals surface area contributed by atoms with E-state index < -0.39 is 0 Å². The number of benzene rings is 1. The van der Waals surface area contributed by atoms with Gasteiger partial charge in [-0.2, -0.15) is 4.98 Å². The second kappa shape index (κ2) is 4.84. The summed E-state index contributed by atoms with van der Waals surface area (Å²) >= 11 is 11.0. The lowest BCUT2D eigenvalue weighted by Gasteiger charge is -2.05. The Balaban J connectivity index is 1.97. The fraction of sp³-hybridized carbons (Fsp3) is 0. The maximum Gasteiger partial charge on any atom is 0.323 e. The van der Waals surface area contributed by atoms with Crippen molar-refractivity contribution in [2.24, 2.45) is 0 Å². The molecular formula is C12H6BrClN2OS. The normalized spacial score (nSPS) is 10.8. The molecule has 1 aromatic carbocycles. The number of thiophene rings is 1. The molecule has 0 radical (unpaired) electrons. The van der Waals surface area contributed by atoms with Gasteiger partial charge in [0.05, 0.1) is 5.02 Å². The van der Waals surface area contributed by atoms with Gasteiger partial charge in [0.1, 0.15) is 4.83 Å². The molecule has 0 saturated heterocycles. The first-order valence-electron chi connectivity index (χ1n) is 5.05. The van der Waals surface area contributed by atoms with Crippen LogP contribution in [0.5, 0.6) is 11.8 Å². The van der Waals surface area contributed by atoms with Crippen molar-refractivity contribution in [2.45, 2.75) is 0 Å². The SMILES string of the molecule is Clc1ccc(Br)cc1Oc1ncc2ccsc2n1. The van der Waals surface area contributed by atoms with E-state index >= 15 is 0 Å². The first kappa shape index (κ1) is 11.9. The molecule has 0 aliphatic carbocycles. The quantitative estimate of drug-likeness (QED) is 0.665. The van der Waals surface area contributed by atoms with Gasteiger partial charge in [-0.3, -0.25) is 0 Å². The third-order valence-electron chi connectivity index (χ3n) is 2.28. The fourth-order valence-corrected chi connectivity index (χ4v) is 2.67. The number of nitrogens with zero attached hydrogens (tertiary/aromatic N) is 2. The standard InChI is InChI=1S/C12H6BrClN2OS/c13-8-1-2-9(14)10(5-8)17-12-15-6-7-3-4-18-11(7)16-12/h1-6H. The highest BCUT2D eigenvalue weighted by atomic mass is 79.9. The van der Waals surface area contributed by atoms with Gasteiger partial charge in [0.2, 0.25) is 0 Å². The summed E-state index contributed by atoms with van der Waals surface area (Å²) in [5, 5.41) is 3.50. The van der Waals surface area contributed by atoms with Gasteiger partial charge in [0.25, 0.3) is 0 Å². The highest BCUT2D eigenvalue weighted by Gasteiger charge is 2.07. The van der Waals surface area contributed by atoms with Gasteiger partial charge in [-0.25, -0.2) is 4.98 Å². The lowest BCUT2D eigenvalue weighted by atomic mass is 10.3. The predicted octanol–water partition coefficient (Wildman–Crippen LogP) is 4.90. The fourth-order valence-electron chi connectivity index (χ4n) is 1.44. The topological polar surface area (TPSA) is 35.0 Å². The Bertz CT molecular complexity index is 716. The van der Waals surface area contributed by atoms with Crippen molar-refractivity contribution in [3.05, 3.63) is 45.3 Å². The first-order valence-corrected chi connectivity index (χ1v) is 7.10. The Kier molecular flexibility index (Phi) is 3.20. The largest absolute Gasteiger partial charge is 0.423 e. The van der Waals surface area contributed by atoms with Gasteiger partial charge < -0.3 is 4.74 Å². The van der Waals surface area contributed by atoms with Crippen LogP contribution in [0.2, 0.25) is 5.02 Å². The first-order chi connectivity index (χ1) is 8.72. The van der Waals surface area contributed by atoms with Crippen LogP contribution in [0.25, 0.3) is 10.2 Å². The van der Waals surface area contributed by atoms with E-state index in [9.17, 15) is 0 Å². The van der Waals surface area contributed by atoms with Crippen molar-refractivity contribution in [1.29, 1.82) is 0 Å². The number of fused-ring (bicyclic) bond motifs is 1. The summed E-state index contributed by atoms with van der Waals surface area (Å²) < 4.78 is 6.48. The third kappa shape index (κ3) is 2.34. The van der Waals surface area contributed by atoms with Gasteiger partial charge in [-0.1, -0.05) is 27.5 Å². The molecule has 0 aliphatic heterocycles. The average Bonchev–Trinajstić information content (AvgIpc) is 2.81. The summed E-state index contributed by atoms with van der Waals surface area (Å²) in [4.78, 5) is 9.35. The van der Waals surface area contributed by atoms with Crippen molar-refractivity contribution in [3.63, 3.8) is 0 Å². The zero-order chi connectivity index (χ0) is 12.5. The zero-order valence-corrected chi connectivity index (χ0v) is 12.1. The van der Waals surface area contributed by atoms with Crippen LogP contribution < -0.4 is 4.74 Å². The second-order valence-electron chi connectivity index (χ2n) is 3.51. The van der Waals surface area contributed by atoms with Gasteiger partial charge in [0, 0.05) is 16.1 Å². The molecule has 0 spiro atoms. The molecule has 0 saturated carbocycles. The van der Waals surface area contributed by atoms with Crippen molar-refractivity contribution < 1.29 is 4.74 Å². The molecule has 0 unspecified atom stereocenters. The molecule has 3 aromatic rings. The Morgan fingerprint density at radius 1 is 1.28 bits per heavy atom. The Hall–Kier alpha value is -1.17. The molecule has 0 amide bonds. The van der Waals surface area contributed by atoms with Crippen LogP contribution in [-0.4, -0.2) is 9.97 Å². The molecular weight excluding hydrogens is 336 g/mol. The van der Waals surface area contributed by atoms with Crippen LogP contribution in [0, 0.1) is 0 Å². The Morgan fingerprint density at radius 2 is 2.17 bits per heavy atom. The highest BCUT2D eigenvalue weighted by Crippen LogP contribution is 2.31. The number of hydrogen-bond donors (Lipinski definition) is 0. The molecule has 0 N–H and O–H groups in total. The number of hydrogen-bond acceptors (Lipinski definition) is 4. The molecule has 6 heteroatoms. The molecule has 0 bridgehead atoms. The number of ether oxygens (including phenoxy) is 1. The molecule has 0 aliphatic rings. The van der Waals surface area contributed by atoms with Crippen LogP contribution in [0.1, 0.15) is 0 Å². The minimum Gasteiger partial charge on any atom is -0.423 e. The summed E-state index contributed by atoms with van der Waals surface area (Å²) in [5.74, 6) is 0.530. The van der Waals surface area contributed by atoms with Crippen LogP contribution >= 0.6 is 38.9 Å². The van der Waals surface area contributed by atoms with Crippen molar-refractivity contribution in [1.82, 2.24) is 9.97 Å². The molecule has 0 atom stereocenters. The summed E-state index contributed by atoms with van der Waals surface area (Å²) in [5.41, 5.74) is 0. The second-order valence-corrected chi connectivity index (χ2v) is 5.73.